The maximum Gasteiger partial charge on any atom is 0.306 e. The van der Waals surface area contributed by atoms with Crippen LogP contribution in [0.3, 0.4) is 0 Å². The van der Waals surface area contributed by atoms with E-state index in [1.165, 1.54) is 0 Å². The van der Waals surface area contributed by atoms with Crippen LogP contribution in [-0.4, -0.2) is 49.1 Å². The van der Waals surface area contributed by atoms with Crippen LogP contribution in [0.15, 0.2) is 0 Å². The molecule has 3 N–H and O–H groups in total. The minimum Gasteiger partial charge on any atom is -0.481 e. The van der Waals surface area contributed by atoms with Crippen molar-refractivity contribution in [3.63, 3.8) is 0 Å². The first-order valence-corrected chi connectivity index (χ1v) is 3.76. The number of hydrogen-bond donors (Lipinski definition) is 3. The average Bonchev–Trinajstić information content (AvgIpc) is 1.97. The molecule has 5 heteroatoms. The number of hydrogen-bond acceptors (Lipinski definition) is 4. The van der Waals surface area contributed by atoms with Crippen molar-refractivity contribution >= 4 is 5.97 Å². The van der Waals surface area contributed by atoms with E-state index < -0.39 is 12.1 Å². The average molecular weight is 177 g/mol. The van der Waals surface area contributed by atoms with E-state index >= 15 is 0 Å². The molecule has 0 saturated carbocycles. The van der Waals surface area contributed by atoms with E-state index in [-0.39, 0.29) is 13.0 Å². The van der Waals surface area contributed by atoms with Crippen molar-refractivity contribution in [1.82, 2.24) is 5.32 Å². The van der Waals surface area contributed by atoms with Crippen LogP contribution in [0, 0.1) is 0 Å². The van der Waals surface area contributed by atoms with Gasteiger partial charge >= 0.3 is 5.97 Å². The first-order chi connectivity index (χ1) is 5.66. The maximum atomic E-state index is 10.1. The molecule has 0 fully saturated rings. The number of methoxy groups -OCH3 is 1. The fraction of sp³-hybridized carbons (Fsp3) is 0.857. The van der Waals surface area contributed by atoms with E-state index in [9.17, 15) is 4.79 Å². The Morgan fingerprint density at radius 3 is 2.83 bits per heavy atom. The Labute approximate surface area is 71.3 Å². The molecular weight excluding hydrogens is 162 g/mol. The molecule has 0 aromatic heterocycles. The summed E-state index contributed by atoms with van der Waals surface area (Å²) >= 11 is 0. The summed E-state index contributed by atoms with van der Waals surface area (Å²) in [4.78, 5) is 10.1. The van der Waals surface area contributed by atoms with Crippen molar-refractivity contribution in [2.75, 3.05) is 26.8 Å². The van der Waals surface area contributed by atoms with Crippen LogP contribution >= 0.6 is 0 Å². The minimum absolute atomic E-state index is 0.222. The lowest BCUT2D eigenvalue weighted by molar-refractivity contribution is -0.139. The Bertz CT molecular complexity index is 129. The van der Waals surface area contributed by atoms with Gasteiger partial charge in [0, 0.05) is 20.2 Å². The molecule has 0 saturated heterocycles. The van der Waals surface area contributed by atoms with Crippen LogP contribution in [-0.2, 0) is 9.53 Å². The summed E-state index contributed by atoms with van der Waals surface area (Å²) < 4.78 is 4.74. The molecule has 0 aromatic carbocycles. The standard InChI is InChI=1S/C7H15NO4/c1-12-3-2-8-5-6(9)4-7(10)11/h6,8-9H,2-5H2,1H3,(H,10,11). The second-order valence-corrected chi connectivity index (χ2v) is 2.45. The lowest BCUT2D eigenvalue weighted by atomic mass is 10.2. The molecule has 0 rings (SSSR count). The molecule has 0 heterocycles. The SMILES string of the molecule is COCCNCC(O)CC(=O)O. The Balaban J connectivity index is 3.19. The molecule has 0 spiro atoms. The van der Waals surface area contributed by atoms with Gasteiger partial charge in [0.2, 0.25) is 0 Å². The second kappa shape index (κ2) is 7.02. The van der Waals surface area contributed by atoms with Crippen LogP contribution in [0.5, 0.6) is 0 Å². The lowest BCUT2D eigenvalue weighted by Crippen LogP contribution is -2.30. The number of carboxylic acids is 1. The van der Waals surface area contributed by atoms with Gasteiger partial charge in [-0.1, -0.05) is 0 Å². The summed E-state index contributed by atoms with van der Waals surface area (Å²) in [7, 11) is 1.58. The zero-order valence-electron chi connectivity index (χ0n) is 7.12. The third kappa shape index (κ3) is 7.46. The van der Waals surface area contributed by atoms with Gasteiger partial charge in [0.1, 0.15) is 0 Å². The van der Waals surface area contributed by atoms with Crippen molar-refractivity contribution in [2.24, 2.45) is 0 Å². The topological polar surface area (TPSA) is 78.8 Å². The molecule has 72 valence electrons. The summed E-state index contributed by atoms with van der Waals surface area (Å²) in [6, 6.07) is 0. The Kier molecular flexibility index (Phi) is 6.64. The highest BCUT2D eigenvalue weighted by Crippen LogP contribution is 1.88. The number of aliphatic carboxylic acids is 1. The van der Waals surface area contributed by atoms with Crippen LogP contribution in [0.25, 0.3) is 0 Å². The predicted octanol–water partition coefficient (Wildman–Crippen LogP) is -0.942. The monoisotopic (exact) mass is 177 g/mol. The van der Waals surface area contributed by atoms with Gasteiger partial charge in [0.25, 0.3) is 0 Å². The lowest BCUT2D eigenvalue weighted by Gasteiger charge is -2.08. The highest BCUT2D eigenvalue weighted by molar-refractivity contribution is 5.67. The first-order valence-electron chi connectivity index (χ1n) is 3.76. The molecule has 0 aliphatic rings. The number of aliphatic hydroxyl groups is 1. The van der Waals surface area contributed by atoms with E-state index in [1.54, 1.807) is 7.11 Å². The first kappa shape index (κ1) is 11.4. The van der Waals surface area contributed by atoms with E-state index in [0.717, 1.165) is 0 Å². The van der Waals surface area contributed by atoms with Gasteiger partial charge in [-0.2, -0.15) is 0 Å². The number of carbonyl (C=O) groups is 1. The van der Waals surface area contributed by atoms with Gasteiger partial charge < -0.3 is 20.3 Å². The fourth-order valence-electron chi connectivity index (χ4n) is 0.717. The van der Waals surface area contributed by atoms with Crippen molar-refractivity contribution in [3.05, 3.63) is 0 Å². The number of nitrogens with one attached hydrogen (secondary N) is 1. The molecule has 0 radical (unpaired) electrons. The van der Waals surface area contributed by atoms with Crippen molar-refractivity contribution in [3.8, 4) is 0 Å². The van der Waals surface area contributed by atoms with Crippen LogP contribution < -0.4 is 5.32 Å². The van der Waals surface area contributed by atoms with Gasteiger partial charge in [-0.25, -0.2) is 0 Å². The van der Waals surface area contributed by atoms with Crippen LogP contribution in [0.4, 0.5) is 0 Å². The number of ether oxygens (including phenoxy) is 1. The quantitative estimate of drug-likeness (QED) is 0.437. The van der Waals surface area contributed by atoms with Crippen LogP contribution in [0.2, 0.25) is 0 Å². The summed E-state index contributed by atoms with van der Waals surface area (Å²) in [6.45, 7) is 1.46. The number of aliphatic hydroxyl groups excluding tert-OH is 1. The number of carboxylic acid groups (broad SMARTS) is 1. The van der Waals surface area contributed by atoms with Gasteiger partial charge in [-0.15, -0.1) is 0 Å². The molecule has 0 amide bonds. The minimum atomic E-state index is -0.990. The largest absolute Gasteiger partial charge is 0.481 e. The fourth-order valence-corrected chi connectivity index (χ4v) is 0.717. The normalized spacial score (nSPS) is 12.8. The van der Waals surface area contributed by atoms with Crippen LogP contribution in [0.1, 0.15) is 6.42 Å². The Hall–Kier alpha value is -0.650. The summed E-state index contributed by atoms with van der Waals surface area (Å²) in [5.74, 6) is -0.990. The molecular formula is C7H15NO4. The summed E-state index contributed by atoms with van der Waals surface area (Å²) in [6.07, 6.45) is -1.04. The summed E-state index contributed by atoms with van der Waals surface area (Å²) in [5.41, 5.74) is 0. The number of rotatable bonds is 7. The summed E-state index contributed by atoms with van der Waals surface area (Å²) in [5, 5.41) is 20.2. The Morgan fingerprint density at radius 2 is 2.33 bits per heavy atom. The molecule has 5 nitrogen and oxygen atoms in total. The second-order valence-electron chi connectivity index (χ2n) is 2.45. The highest BCUT2D eigenvalue weighted by atomic mass is 16.5. The van der Waals surface area contributed by atoms with E-state index in [0.29, 0.717) is 13.2 Å². The smallest absolute Gasteiger partial charge is 0.306 e. The molecule has 0 aromatic rings. The van der Waals surface area contributed by atoms with Gasteiger partial charge in [-0.05, 0) is 0 Å². The third-order valence-corrected chi connectivity index (χ3v) is 1.27. The maximum absolute atomic E-state index is 10.1. The predicted molar refractivity (Wildman–Crippen MR) is 43.0 cm³/mol. The molecule has 12 heavy (non-hydrogen) atoms. The van der Waals surface area contributed by atoms with E-state index in [4.69, 9.17) is 14.9 Å². The molecule has 1 unspecified atom stereocenters. The van der Waals surface area contributed by atoms with Crippen molar-refractivity contribution in [2.45, 2.75) is 12.5 Å². The van der Waals surface area contributed by atoms with Gasteiger partial charge in [0.15, 0.2) is 0 Å². The molecule has 1 atom stereocenters. The van der Waals surface area contributed by atoms with Gasteiger partial charge in [-0.3, -0.25) is 4.79 Å². The van der Waals surface area contributed by atoms with Crippen molar-refractivity contribution in [1.29, 1.82) is 0 Å². The van der Waals surface area contributed by atoms with E-state index in [1.807, 2.05) is 0 Å². The third-order valence-electron chi connectivity index (χ3n) is 1.27. The zero-order chi connectivity index (χ0) is 9.40. The van der Waals surface area contributed by atoms with Gasteiger partial charge in [0.05, 0.1) is 19.1 Å². The molecule has 0 bridgehead atoms. The van der Waals surface area contributed by atoms with E-state index in [2.05, 4.69) is 5.32 Å². The molecule has 0 aliphatic heterocycles. The highest BCUT2D eigenvalue weighted by Gasteiger charge is 2.07. The zero-order valence-corrected chi connectivity index (χ0v) is 7.12. The van der Waals surface area contributed by atoms with Crippen molar-refractivity contribution < 1.29 is 19.7 Å². The molecule has 0 aliphatic carbocycles. The Morgan fingerprint density at radius 1 is 1.67 bits per heavy atom.